The second kappa shape index (κ2) is 11.8. The number of guanidine groups is 1. The van der Waals surface area contributed by atoms with E-state index in [-0.39, 0.29) is 0 Å². The first-order valence-corrected chi connectivity index (χ1v) is 8.38. The molecule has 0 atom stereocenters. The van der Waals surface area contributed by atoms with E-state index in [2.05, 4.69) is 36.4 Å². The first-order chi connectivity index (χ1) is 11.2. The molecule has 0 radical (unpaired) electrons. The average Bonchev–Trinajstić information content (AvgIpc) is 2.55. The molecule has 0 aliphatic carbocycles. The predicted octanol–water partition coefficient (Wildman–Crippen LogP) is 2.81. The average molecular weight is 321 g/mol. The van der Waals surface area contributed by atoms with Crippen LogP contribution in [-0.2, 0) is 11.3 Å². The molecule has 5 nitrogen and oxygen atoms in total. The minimum absolute atomic E-state index is 0.612. The van der Waals surface area contributed by atoms with Crippen molar-refractivity contribution in [3.63, 3.8) is 0 Å². The molecule has 23 heavy (non-hydrogen) atoms. The fourth-order valence-electron chi connectivity index (χ4n) is 1.95. The smallest absolute Gasteiger partial charge is 0.191 e. The lowest BCUT2D eigenvalue weighted by molar-refractivity contribution is 0.128. The number of hydrogen-bond acceptors (Lipinski definition) is 3. The van der Waals surface area contributed by atoms with E-state index in [4.69, 9.17) is 9.47 Å². The zero-order valence-corrected chi connectivity index (χ0v) is 14.9. The fourth-order valence-corrected chi connectivity index (χ4v) is 1.95. The number of benzene rings is 1. The molecule has 0 unspecified atom stereocenters. The number of methoxy groups -OCH3 is 1. The van der Waals surface area contributed by atoms with Gasteiger partial charge in [0, 0.05) is 19.7 Å². The summed E-state index contributed by atoms with van der Waals surface area (Å²) in [6.45, 7) is 10.2. The topological polar surface area (TPSA) is 54.9 Å². The second-order valence-corrected chi connectivity index (χ2v) is 5.77. The van der Waals surface area contributed by atoms with E-state index in [1.54, 1.807) is 7.11 Å². The van der Waals surface area contributed by atoms with Crippen molar-refractivity contribution in [1.29, 1.82) is 0 Å². The van der Waals surface area contributed by atoms with Crippen molar-refractivity contribution < 1.29 is 9.47 Å². The van der Waals surface area contributed by atoms with Crippen LogP contribution in [0.25, 0.3) is 0 Å². The Kier molecular flexibility index (Phi) is 9.87. The third-order valence-corrected chi connectivity index (χ3v) is 3.28. The van der Waals surface area contributed by atoms with Crippen molar-refractivity contribution in [2.45, 2.75) is 33.7 Å². The highest BCUT2D eigenvalue weighted by Gasteiger charge is 1.99. The minimum Gasteiger partial charge on any atom is -0.497 e. The summed E-state index contributed by atoms with van der Waals surface area (Å²) in [5, 5.41) is 6.53. The zero-order valence-electron chi connectivity index (χ0n) is 14.9. The molecule has 1 rings (SSSR count). The largest absolute Gasteiger partial charge is 0.497 e. The number of hydrogen-bond donors (Lipinski definition) is 2. The summed E-state index contributed by atoms with van der Waals surface area (Å²) in [7, 11) is 1.67. The second-order valence-electron chi connectivity index (χ2n) is 5.77. The van der Waals surface area contributed by atoms with Gasteiger partial charge in [0.25, 0.3) is 0 Å². The molecule has 5 heteroatoms. The van der Waals surface area contributed by atoms with Crippen molar-refractivity contribution in [2.24, 2.45) is 10.9 Å². The molecule has 2 N–H and O–H groups in total. The first-order valence-electron chi connectivity index (χ1n) is 8.38. The van der Waals surface area contributed by atoms with Gasteiger partial charge in [-0.3, -0.25) is 0 Å². The Balaban J connectivity index is 2.37. The van der Waals surface area contributed by atoms with Crippen LogP contribution in [0.2, 0.25) is 0 Å². The summed E-state index contributed by atoms with van der Waals surface area (Å²) in [5.41, 5.74) is 1.12. The summed E-state index contributed by atoms with van der Waals surface area (Å²) < 4.78 is 10.8. The molecule has 0 fully saturated rings. The molecule has 0 amide bonds. The van der Waals surface area contributed by atoms with Gasteiger partial charge in [0.1, 0.15) is 5.75 Å². The highest BCUT2D eigenvalue weighted by atomic mass is 16.5. The molecule has 0 heterocycles. The molecule has 0 bridgehead atoms. The van der Waals surface area contributed by atoms with E-state index in [0.717, 1.165) is 43.4 Å². The molecule has 0 saturated heterocycles. The lowest BCUT2D eigenvalue weighted by atomic mass is 10.1. The molecule has 0 spiro atoms. The van der Waals surface area contributed by atoms with E-state index < -0.39 is 0 Å². The molecular weight excluding hydrogens is 290 g/mol. The Labute approximate surface area is 140 Å². The first kappa shape index (κ1) is 19.3. The maximum atomic E-state index is 5.60. The van der Waals surface area contributed by atoms with Crippen molar-refractivity contribution in [3.05, 3.63) is 29.8 Å². The third kappa shape index (κ3) is 9.08. The van der Waals surface area contributed by atoms with E-state index in [0.29, 0.717) is 19.1 Å². The van der Waals surface area contributed by atoms with Crippen molar-refractivity contribution in [2.75, 3.05) is 33.4 Å². The summed E-state index contributed by atoms with van der Waals surface area (Å²) in [6.07, 6.45) is 1.10. The number of nitrogens with one attached hydrogen (secondary N) is 2. The normalized spacial score (nSPS) is 11.6. The molecule has 1 aromatic rings. The number of aliphatic imine (C=N–C) groups is 1. The van der Waals surface area contributed by atoms with Gasteiger partial charge >= 0.3 is 0 Å². The van der Waals surface area contributed by atoms with Gasteiger partial charge in [-0.1, -0.05) is 26.0 Å². The van der Waals surface area contributed by atoms with Crippen molar-refractivity contribution in [3.8, 4) is 5.75 Å². The van der Waals surface area contributed by atoms with Gasteiger partial charge in [0.2, 0.25) is 0 Å². The molecule has 0 aliphatic rings. The lowest BCUT2D eigenvalue weighted by Gasteiger charge is -2.12. The van der Waals surface area contributed by atoms with Gasteiger partial charge in [-0.25, -0.2) is 4.99 Å². The Morgan fingerprint density at radius 2 is 2.04 bits per heavy atom. The van der Waals surface area contributed by atoms with E-state index in [9.17, 15) is 0 Å². The van der Waals surface area contributed by atoms with Gasteiger partial charge < -0.3 is 20.1 Å². The molecule has 130 valence electrons. The van der Waals surface area contributed by atoms with Gasteiger partial charge in [-0.15, -0.1) is 0 Å². The summed E-state index contributed by atoms with van der Waals surface area (Å²) in [6, 6.07) is 7.96. The third-order valence-electron chi connectivity index (χ3n) is 3.28. The summed E-state index contributed by atoms with van der Waals surface area (Å²) in [4.78, 5) is 4.59. The highest BCUT2D eigenvalue weighted by molar-refractivity contribution is 5.79. The standard InChI is InChI=1S/C18H31N3O2/c1-5-19-18(20-10-12-23-11-9-15(2)3)21-14-16-7-6-8-17(13-16)22-4/h6-8,13,15H,5,9-12,14H2,1-4H3,(H2,19,20,21). The van der Waals surface area contributed by atoms with Crippen LogP contribution in [0, 0.1) is 5.92 Å². The number of ether oxygens (including phenoxy) is 2. The van der Waals surface area contributed by atoms with Crippen LogP contribution in [0.4, 0.5) is 0 Å². The molecular formula is C18H31N3O2. The number of rotatable bonds is 10. The Bertz CT molecular complexity index is 461. The monoisotopic (exact) mass is 321 g/mol. The quantitative estimate of drug-likeness (QED) is 0.395. The summed E-state index contributed by atoms with van der Waals surface area (Å²) >= 11 is 0. The molecule has 0 saturated carbocycles. The Morgan fingerprint density at radius 3 is 2.74 bits per heavy atom. The summed E-state index contributed by atoms with van der Waals surface area (Å²) in [5.74, 6) is 2.35. The minimum atomic E-state index is 0.612. The lowest BCUT2D eigenvalue weighted by Crippen LogP contribution is -2.39. The Morgan fingerprint density at radius 1 is 1.22 bits per heavy atom. The van der Waals surface area contributed by atoms with Crippen LogP contribution in [0.15, 0.2) is 29.3 Å². The molecule has 1 aromatic carbocycles. The maximum absolute atomic E-state index is 5.60. The van der Waals surface area contributed by atoms with Crippen LogP contribution >= 0.6 is 0 Å². The van der Waals surface area contributed by atoms with Crippen LogP contribution in [0.5, 0.6) is 5.75 Å². The fraction of sp³-hybridized carbons (Fsp3) is 0.611. The predicted molar refractivity (Wildman–Crippen MR) is 96.1 cm³/mol. The highest BCUT2D eigenvalue weighted by Crippen LogP contribution is 2.13. The van der Waals surface area contributed by atoms with E-state index in [1.165, 1.54) is 0 Å². The van der Waals surface area contributed by atoms with Gasteiger partial charge in [0.15, 0.2) is 5.96 Å². The van der Waals surface area contributed by atoms with Crippen LogP contribution < -0.4 is 15.4 Å². The molecule has 0 aromatic heterocycles. The zero-order chi connectivity index (χ0) is 16.9. The van der Waals surface area contributed by atoms with E-state index in [1.807, 2.05) is 24.3 Å². The van der Waals surface area contributed by atoms with Crippen molar-refractivity contribution >= 4 is 5.96 Å². The van der Waals surface area contributed by atoms with E-state index >= 15 is 0 Å². The van der Waals surface area contributed by atoms with Gasteiger partial charge in [-0.2, -0.15) is 0 Å². The van der Waals surface area contributed by atoms with Crippen LogP contribution in [-0.4, -0.2) is 39.4 Å². The van der Waals surface area contributed by atoms with Crippen molar-refractivity contribution in [1.82, 2.24) is 10.6 Å². The van der Waals surface area contributed by atoms with Gasteiger partial charge in [-0.05, 0) is 37.0 Å². The van der Waals surface area contributed by atoms with Crippen LogP contribution in [0.1, 0.15) is 32.8 Å². The Hall–Kier alpha value is -1.75. The van der Waals surface area contributed by atoms with Crippen LogP contribution in [0.3, 0.4) is 0 Å². The molecule has 0 aliphatic heterocycles. The maximum Gasteiger partial charge on any atom is 0.191 e. The number of nitrogens with zero attached hydrogens (tertiary/aromatic N) is 1. The van der Waals surface area contributed by atoms with Gasteiger partial charge in [0.05, 0.1) is 20.3 Å². The SMILES string of the molecule is CCNC(=NCc1cccc(OC)c1)NCCOCCC(C)C.